The number of nitrogens with zero attached hydrogens (tertiary/aromatic N) is 1. The molecule has 0 spiro atoms. The molecule has 5 heteroatoms. The maximum Gasteiger partial charge on any atom is 0.260 e. The fraction of sp³-hybridized carbons (Fsp3) is 0.500. The molecule has 1 amide bonds. The highest BCUT2D eigenvalue weighted by Gasteiger charge is 2.25. The lowest BCUT2D eigenvalue weighted by atomic mass is 10.1. The zero-order valence-electron chi connectivity index (χ0n) is 11.1. The summed E-state index contributed by atoms with van der Waals surface area (Å²) in [4.78, 5) is 13.8. The minimum Gasteiger partial charge on any atom is -0.484 e. The molecule has 0 unspecified atom stereocenters. The fourth-order valence-corrected chi connectivity index (χ4v) is 2.28. The van der Waals surface area contributed by atoms with E-state index in [9.17, 15) is 9.18 Å². The zero-order valence-corrected chi connectivity index (χ0v) is 11.1. The highest BCUT2D eigenvalue weighted by atomic mass is 19.1. The van der Waals surface area contributed by atoms with E-state index in [0.717, 1.165) is 26.1 Å². The minimum absolute atomic E-state index is 0.0112. The van der Waals surface area contributed by atoms with Crippen LogP contribution in [0.4, 0.5) is 4.39 Å². The van der Waals surface area contributed by atoms with Gasteiger partial charge in [0.1, 0.15) is 11.6 Å². The van der Waals surface area contributed by atoms with Crippen LogP contribution in [0.5, 0.6) is 5.75 Å². The summed E-state index contributed by atoms with van der Waals surface area (Å²) in [7, 11) is 1.92. The topological polar surface area (TPSA) is 41.6 Å². The first kappa shape index (κ1) is 13.8. The van der Waals surface area contributed by atoms with E-state index in [-0.39, 0.29) is 18.3 Å². The molecule has 2 rings (SSSR count). The maximum absolute atomic E-state index is 12.7. The average molecular weight is 266 g/mol. The van der Waals surface area contributed by atoms with Gasteiger partial charge in [0.15, 0.2) is 6.61 Å². The van der Waals surface area contributed by atoms with Crippen molar-refractivity contribution in [2.24, 2.45) is 5.92 Å². The molecule has 19 heavy (non-hydrogen) atoms. The molecule has 1 saturated heterocycles. The predicted octanol–water partition coefficient (Wildman–Crippen LogP) is 1.27. The van der Waals surface area contributed by atoms with Crippen molar-refractivity contribution in [3.05, 3.63) is 30.1 Å². The maximum atomic E-state index is 12.7. The van der Waals surface area contributed by atoms with Gasteiger partial charge in [-0.25, -0.2) is 4.39 Å². The minimum atomic E-state index is -0.312. The average Bonchev–Trinajstić information content (AvgIpc) is 2.87. The number of carbonyl (C=O) groups is 1. The first-order chi connectivity index (χ1) is 9.19. The van der Waals surface area contributed by atoms with Gasteiger partial charge in [0, 0.05) is 13.1 Å². The second kappa shape index (κ2) is 6.52. The van der Waals surface area contributed by atoms with Gasteiger partial charge < -0.3 is 15.0 Å². The van der Waals surface area contributed by atoms with Gasteiger partial charge in [-0.05, 0) is 50.2 Å². The molecule has 0 aliphatic carbocycles. The molecule has 1 fully saturated rings. The summed E-state index contributed by atoms with van der Waals surface area (Å²) in [6.45, 7) is 2.52. The Bertz CT molecular complexity index is 422. The molecule has 4 nitrogen and oxygen atoms in total. The molecular weight excluding hydrogens is 247 g/mol. The summed E-state index contributed by atoms with van der Waals surface area (Å²) in [5, 5.41) is 3.13. The van der Waals surface area contributed by atoms with Crippen molar-refractivity contribution in [2.45, 2.75) is 6.42 Å². The van der Waals surface area contributed by atoms with Crippen LogP contribution < -0.4 is 10.1 Å². The molecule has 1 aliphatic heterocycles. The summed E-state index contributed by atoms with van der Waals surface area (Å²) in [5.41, 5.74) is 0. The third kappa shape index (κ3) is 3.92. The Balaban J connectivity index is 1.77. The van der Waals surface area contributed by atoms with Gasteiger partial charge in [-0.3, -0.25) is 4.79 Å². The van der Waals surface area contributed by atoms with Crippen molar-refractivity contribution >= 4 is 5.91 Å². The van der Waals surface area contributed by atoms with Crippen LogP contribution in [-0.4, -0.2) is 44.1 Å². The Morgan fingerprint density at radius 2 is 2.21 bits per heavy atom. The van der Waals surface area contributed by atoms with E-state index in [1.165, 1.54) is 24.3 Å². The Hall–Kier alpha value is -1.62. The van der Waals surface area contributed by atoms with Gasteiger partial charge >= 0.3 is 0 Å². The lowest BCUT2D eigenvalue weighted by Gasteiger charge is -2.16. The lowest BCUT2D eigenvalue weighted by molar-refractivity contribution is -0.132. The van der Waals surface area contributed by atoms with Crippen LogP contribution in [0.2, 0.25) is 0 Å². The van der Waals surface area contributed by atoms with E-state index in [1.54, 1.807) is 0 Å². The van der Waals surface area contributed by atoms with E-state index < -0.39 is 0 Å². The summed E-state index contributed by atoms with van der Waals surface area (Å²) >= 11 is 0. The van der Waals surface area contributed by atoms with Crippen LogP contribution in [0, 0.1) is 11.7 Å². The number of rotatable bonds is 5. The second-order valence-corrected chi connectivity index (χ2v) is 4.79. The molecular formula is C14H19FN2O2. The highest BCUT2D eigenvalue weighted by Crippen LogP contribution is 2.16. The number of hydrogen-bond acceptors (Lipinski definition) is 3. The molecule has 1 heterocycles. The Labute approximate surface area is 112 Å². The van der Waals surface area contributed by atoms with E-state index >= 15 is 0 Å². The quantitative estimate of drug-likeness (QED) is 0.872. The lowest BCUT2D eigenvalue weighted by Crippen LogP contribution is -2.34. The van der Waals surface area contributed by atoms with Gasteiger partial charge in [-0.15, -0.1) is 0 Å². The fourth-order valence-electron chi connectivity index (χ4n) is 2.28. The molecule has 1 atom stereocenters. The smallest absolute Gasteiger partial charge is 0.260 e. The number of benzene rings is 1. The van der Waals surface area contributed by atoms with Crippen molar-refractivity contribution in [1.82, 2.24) is 10.2 Å². The van der Waals surface area contributed by atoms with Crippen LogP contribution in [0.3, 0.4) is 0 Å². The van der Waals surface area contributed by atoms with Crippen molar-refractivity contribution < 1.29 is 13.9 Å². The summed E-state index contributed by atoms with van der Waals surface area (Å²) in [6, 6.07) is 5.68. The first-order valence-electron chi connectivity index (χ1n) is 6.50. The predicted molar refractivity (Wildman–Crippen MR) is 70.5 cm³/mol. The summed E-state index contributed by atoms with van der Waals surface area (Å²) < 4.78 is 18.1. The highest BCUT2D eigenvalue weighted by molar-refractivity contribution is 5.78. The third-order valence-corrected chi connectivity index (χ3v) is 3.31. The molecule has 0 radical (unpaired) electrons. The molecule has 0 bridgehead atoms. The van der Waals surface area contributed by atoms with Crippen molar-refractivity contribution in [3.63, 3.8) is 0 Å². The molecule has 1 aromatic carbocycles. The second-order valence-electron chi connectivity index (χ2n) is 4.79. The van der Waals surface area contributed by atoms with E-state index in [0.29, 0.717) is 11.7 Å². The van der Waals surface area contributed by atoms with Crippen molar-refractivity contribution in [3.8, 4) is 5.75 Å². The summed E-state index contributed by atoms with van der Waals surface area (Å²) in [6.07, 6.45) is 1.03. The van der Waals surface area contributed by atoms with E-state index in [4.69, 9.17) is 4.74 Å². The largest absolute Gasteiger partial charge is 0.484 e. The number of halogens is 1. The number of likely N-dealkylation sites (tertiary alicyclic amines) is 1. The van der Waals surface area contributed by atoms with Gasteiger partial charge in [0.05, 0.1) is 0 Å². The molecule has 104 valence electrons. The van der Waals surface area contributed by atoms with Crippen LogP contribution in [0.1, 0.15) is 6.42 Å². The number of carbonyl (C=O) groups excluding carboxylic acids is 1. The zero-order chi connectivity index (χ0) is 13.7. The van der Waals surface area contributed by atoms with E-state index in [1.807, 2.05) is 11.9 Å². The van der Waals surface area contributed by atoms with Crippen LogP contribution >= 0.6 is 0 Å². The molecule has 1 aromatic rings. The Morgan fingerprint density at radius 3 is 2.89 bits per heavy atom. The van der Waals surface area contributed by atoms with Gasteiger partial charge in [-0.1, -0.05) is 0 Å². The van der Waals surface area contributed by atoms with Gasteiger partial charge in [0.25, 0.3) is 5.91 Å². The van der Waals surface area contributed by atoms with Gasteiger partial charge in [0.2, 0.25) is 0 Å². The van der Waals surface area contributed by atoms with Crippen LogP contribution in [0.25, 0.3) is 0 Å². The monoisotopic (exact) mass is 266 g/mol. The van der Waals surface area contributed by atoms with Crippen molar-refractivity contribution in [2.75, 3.05) is 33.3 Å². The number of nitrogens with one attached hydrogen (secondary N) is 1. The third-order valence-electron chi connectivity index (χ3n) is 3.31. The number of ether oxygens (including phenoxy) is 1. The molecule has 1 N–H and O–H groups in total. The molecule has 0 saturated carbocycles. The SMILES string of the molecule is CNC[C@@H]1CCN(C(=O)COc2ccc(F)cc2)C1. The molecule has 1 aliphatic rings. The Morgan fingerprint density at radius 1 is 1.47 bits per heavy atom. The van der Waals surface area contributed by atoms with Crippen LogP contribution in [0.15, 0.2) is 24.3 Å². The standard InChI is InChI=1S/C14H19FN2O2/c1-16-8-11-6-7-17(9-11)14(18)10-19-13-4-2-12(15)3-5-13/h2-5,11,16H,6-10H2,1H3/t11-/m0/s1. The normalized spacial score (nSPS) is 18.6. The number of hydrogen-bond donors (Lipinski definition) is 1. The first-order valence-corrected chi connectivity index (χ1v) is 6.50. The van der Waals surface area contributed by atoms with Crippen LogP contribution in [-0.2, 0) is 4.79 Å². The molecule has 0 aromatic heterocycles. The number of amides is 1. The summed E-state index contributed by atoms with van der Waals surface area (Å²) in [5.74, 6) is 0.719. The van der Waals surface area contributed by atoms with Crippen molar-refractivity contribution in [1.29, 1.82) is 0 Å². The van der Waals surface area contributed by atoms with Gasteiger partial charge in [-0.2, -0.15) is 0 Å². The Kier molecular flexibility index (Phi) is 4.74. The van der Waals surface area contributed by atoms with E-state index in [2.05, 4.69) is 5.32 Å².